The second kappa shape index (κ2) is 3.75. The van der Waals surface area contributed by atoms with E-state index in [4.69, 9.17) is 21.8 Å². The number of hydrogen-bond donors (Lipinski definition) is 1. The van der Waals surface area contributed by atoms with Gasteiger partial charge in [0.2, 0.25) is 0 Å². The molecule has 3 unspecified atom stereocenters. The predicted molar refractivity (Wildman–Crippen MR) is 72.5 cm³/mol. The van der Waals surface area contributed by atoms with Crippen molar-refractivity contribution in [3.05, 3.63) is 35.0 Å². The summed E-state index contributed by atoms with van der Waals surface area (Å²) in [5.41, 5.74) is 7.14. The summed E-state index contributed by atoms with van der Waals surface area (Å²) in [5, 5.41) is 1.72. The van der Waals surface area contributed by atoms with Crippen LogP contribution in [0.3, 0.4) is 0 Å². The fourth-order valence-corrected chi connectivity index (χ4v) is 4.03. The number of fused-ring (bicyclic) bond motifs is 2. The van der Waals surface area contributed by atoms with Gasteiger partial charge in [0.15, 0.2) is 5.58 Å². The topological polar surface area (TPSA) is 39.2 Å². The van der Waals surface area contributed by atoms with E-state index in [1.807, 2.05) is 18.2 Å². The van der Waals surface area contributed by atoms with E-state index in [0.29, 0.717) is 10.9 Å². The Morgan fingerprint density at radius 3 is 2.78 bits per heavy atom. The van der Waals surface area contributed by atoms with Crippen LogP contribution < -0.4 is 5.73 Å². The van der Waals surface area contributed by atoms with Gasteiger partial charge in [-0.25, -0.2) is 0 Å². The smallest absolute Gasteiger partial charge is 0.152 e. The minimum atomic E-state index is 0.0452. The van der Waals surface area contributed by atoms with Gasteiger partial charge >= 0.3 is 0 Å². The van der Waals surface area contributed by atoms with Crippen molar-refractivity contribution in [3.63, 3.8) is 0 Å². The van der Waals surface area contributed by atoms with Gasteiger partial charge < -0.3 is 10.2 Å². The molecule has 0 bridgehead atoms. The fourth-order valence-electron chi connectivity index (χ4n) is 3.81. The molecular formula is C15H16ClNO. The quantitative estimate of drug-likeness (QED) is 0.883. The number of nitrogens with two attached hydrogens (primary N) is 1. The van der Waals surface area contributed by atoms with Crippen LogP contribution in [0.25, 0.3) is 11.0 Å². The molecule has 1 heterocycles. The Bertz CT molecular complexity index is 596. The van der Waals surface area contributed by atoms with Gasteiger partial charge in [0, 0.05) is 5.39 Å². The first-order valence-electron chi connectivity index (χ1n) is 6.69. The lowest BCUT2D eigenvalue weighted by Gasteiger charge is -2.10. The molecule has 0 spiro atoms. The molecular weight excluding hydrogens is 246 g/mol. The molecule has 94 valence electrons. The number of halogens is 1. The maximum absolute atomic E-state index is 6.37. The summed E-state index contributed by atoms with van der Waals surface area (Å²) in [5.74, 6) is 3.24. The van der Waals surface area contributed by atoms with E-state index in [1.165, 1.54) is 19.3 Å². The van der Waals surface area contributed by atoms with E-state index in [0.717, 1.165) is 28.6 Å². The van der Waals surface area contributed by atoms with Crippen LogP contribution in [0.4, 0.5) is 0 Å². The molecule has 3 heteroatoms. The van der Waals surface area contributed by atoms with Gasteiger partial charge in [0.25, 0.3) is 0 Å². The molecule has 0 amide bonds. The van der Waals surface area contributed by atoms with Crippen LogP contribution >= 0.6 is 11.6 Å². The third-order valence-corrected chi connectivity index (χ3v) is 5.03. The normalized spacial score (nSPS) is 31.6. The predicted octanol–water partition coefficient (Wildman–Crippen LogP) is 4.13. The first-order chi connectivity index (χ1) is 8.75. The standard InChI is InChI=1S/C15H16ClNO/c16-11-6-1-3-8-7-12(18-15(8)11)14(17)13-9-4-2-5-10(9)13/h1,3,6-7,9-10,13-14H,2,4-5,17H2. The first-order valence-corrected chi connectivity index (χ1v) is 7.07. The van der Waals surface area contributed by atoms with Gasteiger partial charge in [0.05, 0.1) is 11.1 Å². The highest BCUT2D eigenvalue weighted by molar-refractivity contribution is 6.34. The van der Waals surface area contributed by atoms with Crippen molar-refractivity contribution >= 4 is 22.6 Å². The maximum atomic E-state index is 6.37. The summed E-state index contributed by atoms with van der Waals surface area (Å²) >= 11 is 6.13. The maximum Gasteiger partial charge on any atom is 0.152 e. The first kappa shape index (κ1) is 10.9. The molecule has 1 aromatic heterocycles. The molecule has 0 saturated heterocycles. The molecule has 0 aliphatic heterocycles. The van der Waals surface area contributed by atoms with Crippen LogP contribution in [-0.2, 0) is 0 Å². The van der Waals surface area contributed by atoms with E-state index in [-0.39, 0.29) is 6.04 Å². The molecule has 2 aromatic rings. The SMILES string of the molecule is NC(c1cc2cccc(Cl)c2o1)C1C2CCCC21. The zero-order valence-electron chi connectivity index (χ0n) is 10.1. The summed E-state index contributed by atoms with van der Waals surface area (Å²) < 4.78 is 5.87. The highest BCUT2D eigenvalue weighted by atomic mass is 35.5. The van der Waals surface area contributed by atoms with Crippen LogP contribution in [0, 0.1) is 17.8 Å². The molecule has 2 saturated carbocycles. The number of para-hydroxylation sites is 1. The van der Waals surface area contributed by atoms with E-state index in [9.17, 15) is 0 Å². The summed E-state index contributed by atoms with van der Waals surface area (Å²) in [6, 6.07) is 7.92. The van der Waals surface area contributed by atoms with Crippen molar-refractivity contribution in [2.45, 2.75) is 25.3 Å². The van der Waals surface area contributed by atoms with Gasteiger partial charge in [-0.15, -0.1) is 0 Å². The van der Waals surface area contributed by atoms with E-state index < -0.39 is 0 Å². The van der Waals surface area contributed by atoms with Crippen LogP contribution in [-0.4, -0.2) is 0 Å². The average molecular weight is 262 g/mol. The average Bonchev–Trinajstić information content (AvgIpc) is 2.79. The fraction of sp³-hybridized carbons (Fsp3) is 0.467. The molecule has 2 aliphatic rings. The largest absolute Gasteiger partial charge is 0.458 e. The van der Waals surface area contributed by atoms with E-state index in [2.05, 4.69) is 6.07 Å². The number of furan rings is 1. The molecule has 0 radical (unpaired) electrons. The van der Waals surface area contributed by atoms with Gasteiger partial charge in [-0.1, -0.05) is 30.2 Å². The van der Waals surface area contributed by atoms with Crippen molar-refractivity contribution in [1.82, 2.24) is 0 Å². The third-order valence-electron chi connectivity index (χ3n) is 4.73. The van der Waals surface area contributed by atoms with Crippen LogP contribution in [0.2, 0.25) is 5.02 Å². The van der Waals surface area contributed by atoms with Crippen molar-refractivity contribution in [2.24, 2.45) is 23.5 Å². The van der Waals surface area contributed by atoms with E-state index >= 15 is 0 Å². The second-order valence-corrected chi connectivity index (χ2v) is 6.08. The van der Waals surface area contributed by atoms with Crippen LogP contribution in [0.1, 0.15) is 31.1 Å². The van der Waals surface area contributed by atoms with Crippen molar-refractivity contribution in [1.29, 1.82) is 0 Å². The molecule has 2 N–H and O–H groups in total. The van der Waals surface area contributed by atoms with E-state index in [1.54, 1.807) is 0 Å². The Hall–Kier alpha value is -0.990. The zero-order chi connectivity index (χ0) is 12.3. The Balaban J connectivity index is 1.68. The Kier molecular flexibility index (Phi) is 2.27. The monoisotopic (exact) mass is 261 g/mol. The molecule has 4 rings (SSSR count). The van der Waals surface area contributed by atoms with Gasteiger partial charge in [0.1, 0.15) is 5.76 Å². The molecule has 18 heavy (non-hydrogen) atoms. The van der Waals surface area contributed by atoms with Gasteiger partial charge in [-0.05, 0) is 42.7 Å². The summed E-state index contributed by atoms with van der Waals surface area (Å²) in [7, 11) is 0. The highest BCUT2D eigenvalue weighted by Gasteiger charge is 2.55. The van der Waals surface area contributed by atoms with Crippen molar-refractivity contribution < 1.29 is 4.42 Å². The Morgan fingerprint density at radius 1 is 1.28 bits per heavy atom. The number of rotatable bonds is 2. The lowest BCUT2D eigenvalue weighted by Crippen LogP contribution is -2.14. The Labute approximate surface area is 111 Å². The summed E-state index contributed by atoms with van der Waals surface area (Å²) in [4.78, 5) is 0. The minimum Gasteiger partial charge on any atom is -0.458 e. The van der Waals surface area contributed by atoms with Crippen LogP contribution in [0.15, 0.2) is 28.7 Å². The van der Waals surface area contributed by atoms with Gasteiger partial charge in [-0.2, -0.15) is 0 Å². The summed E-state index contributed by atoms with van der Waals surface area (Å²) in [6.45, 7) is 0. The lowest BCUT2D eigenvalue weighted by molar-refractivity contribution is 0.422. The van der Waals surface area contributed by atoms with Crippen molar-refractivity contribution in [3.8, 4) is 0 Å². The number of hydrogen-bond acceptors (Lipinski definition) is 2. The molecule has 1 aromatic carbocycles. The third kappa shape index (κ3) is 1.45. The lowest BCUT2D eigenvalue weighted by atomic mass is 10.0. The number of benzene rings is 1. The summed E-state index contributed by atoms with van der Waals surface area (Å²) in [6.07, 6.45) is 4.08. The molecule has 2 nitrogen and oxygen atoms in total. The molecule has 3 atom stereocenters. The van der Waals surface area contributed by atoms with Crippen molar-refractivity contribution in [2.75, 3.05) is 0 Å². The second-order valence-electron chi connectivity index (χ2n) is 5.67. The molecule has 2 fully saturated rings. The minimum absolute atomic E-state index is 0.0452. The zero-order valence-corrected chi connectivity index (χ0v) is 10.9. The highest BCUT2D eigenvalue weighted by Crippen LogP contribution is 2.61. The van der Waals surface area contributed by atoms with Gasteiger partial charge in [-0.3, -0.25) is 0 Å². The van der Waals surface area contributed by atoms with Crippen LogP contribution in [0.5, 0.6) is 0 Å². The molecule has 2 aliphatic carbocycles. The Morgan fingerprint density at radius 2 is 2.06 bits per heavy atom.